The highest BCUT2D eigenvalue weighted by Gasteiger charge is 2.37. The normalized spacial score (nSPS) is 23.1. The molecule has 0 unspecified atom stereocenters. The third-order valence-corrected chi connectivity index (χ3v) is 4.89. The quantitative estimate of drug-likeness (QED) is 0.867. The van der Waals surface area contributed by atoms with Crippen LogP contribution >= 0.6 is 0 Å². The molecular formula is C18H27FN4O3. The lowest BCUT2D eigenvalue weighted by Crippen LogP contribution is -2.46. The lowest BCUT2D eigenvalue weighted by atomic mass is 10.1. The third kappa shape index (κ3) is 4.34. The second-order valence-electron chi connectivity index (χ2n) is 7.61. The van der Waals surface area contributed by atoms with E-state index in [2.05, 4.69) is 24.3 Å². The van der Waals surface area contributed by atoms with Crippen molar-refractivity contribution in [2.24, 2.45) is 5.92 Å². The number of halogens is 1. The smallest absolute Gasteiger partial charge is 0.317 e. The molecule has 1 N–H and O–H groups in total. The predicted molar refractivity (Wildman–Crippen MR) is 93.6 cm³/mol. The van der Waals surface area contributed by atoms with Crippen LogP contribution in [0.3, 0.4) is 0 Å². The summed E-state index contributed by atoms with van der Waals surface area (Å²) >= 11 is 0. The number of hydrogen-bond donors (Lipinski definition) is 1. The number of nitrogens with one attached hydrogen (secondary N) is 1. The maximum Gasteiger partial charge on any atom is 0.317 e. The molecule has 26 heavy (non-hydrogen) atoms. The molecule has 1 aromatic heterocycles. The van der Waals surface area contributed by atoms with Gasteiger partial charge in [0.25, 0.3) is 5.91 Å². The standard InChI is InChI=1S/C18H27FN4O3/c1-12(2)7-14-9-16(26-21-14)17(24)23-11-13(19)8-15(23)10-20-18(25)22-5-3-4-6-22/h9,12-13,15H,3-8,10-11H2,1-2H3,(H,20,25)/t13-,15-/m0/s1. The zero-order valence-electron chi connectivity index (χ0n) is 15.4. The van der Waals surface area contributed by atoms with E-state index in [1.165, 1.54) is 4.90 Å². The van der Waals surface area contributed by atoms with Crippen LogP contribution in [0.4, 0.5) is 9.18 Å². The van der Waals surface area contributed by atoms with E-state index in [0.29, 0.717) is 5.92 Å². The highest BCUT2D eigenvalue weighted by Crippen LogP contribution is 2.23. The Kier molecular flexibility index (Phi) is 5.78. The van der Waals surface area contributed by atoms with E-state index in [4.69, 9.17) is 4.52 Å². The van der Waals surface area contributed by atoms with E-state index in [9.17, 15) is 14.0 Å². The minimum Gasteiger partial charge on any atom is -0.351 e. The molecular weight excluding hydrogens is 339 g/mol. The Bertz CT molecular complexity index is 642. The van der Waals surface area contributed by atoms with Gasteiger partial charge in [0.15, 0.2) is 0 Å². The maximum absolute atomic E-state index is 13.9. The molecule has 2 fully saturated rings. The molecule has 0 spiro atoms. The van der Waals surface area contributed by atoms with Crippen molar-refractivity contribution in [3.63, 3.8) is 0 Å². The van der Waals surface area contributed by atoms with Crippen LogP contribution in [0.2, 0.25) is 0 Å². The van der Waals surface area contributed by atoms with E-state index in [1.54, 1.807) is 11.0 Å². The first-order valence-corrected chi connectivity index (χ1v) is 9.37. The summed E-state index contributed by atoms with van der Waals surface area (Å²) < 4.78 is 19.1. The topological polar surface area (TPSA) is 78.7 Å². The average Bonchev–Trinajstić information content (AvgIpc) is 3.32. The number of carbonyl (C=O) groups excluding carboxylic acids is 2. The summed E-state index contributed by atoms with van der Waals surface area (Å²) in [5, 5.41) is 6.76. The van der Waals surface area contributed by atoms with Crippen molar-refractivity contribution in [1.82, 2.24) is 20.3 Å². The molecule has 0 radical (unpaired) electrons. The maximum atomic E-state index is 13.9. The summed E-state index contributed by atoms with van der Waals surface area (Å²) in [7, 11) is 0. The van der Waals surface area contributed by atoms with Gasteiger partial charge in [-0.1, -0.05) is 19.0 Å². The van der Waals surface area contributed by atoms with Crippen LogP contribution in [0.25, 0.3) is 0 Å². The van der Waals surface area contributed by atoms with Crippen LogP contribution < -0.4 is 5.32 Å². The fourth-order valence-electron chi connectivity index (χ4n) is 3.61. The average molecular weight is 366 g/mol. The Morgan fingerprint density at radius 3 is 2.81 bits per heavy atom. The summed E-state index contributed by atoms with van der Waals surface area (Å²) in [6.07, 6.45) is 1.87. The Morgan fingerprint density at radius 2 is 2.12 bits per heavy atom. The number of likely N-dealkylation sites (tertiary alicyclic amines) is 2. The minimum atomic E-state index is -1.09. The van der Waals surface area contributed by atoms with E-state index < -0.39 is 6.17 Å². The van der Waals surface area contributed by atoms with Gasteiger partial charge in [0, 0.05) is 32.1 Å². The molecule has 3 amide bonds. The minimum absolute atomic E-state index is 0.0172. The van der Waals surface area contributed by atoms with Crippen molar-refractivity contribution in [2.75, 3.05) is 26.2 Å². The van der Waals surface area contributed by atoms with Gasteiger partial charge in [0.2, 0.25) is 5.76 Å². The summed E-state index contributed by atoms with van der Waals surface area (Å²) in [6.45, 7) is 5.88. The van der Waals surface area contributed by atoms with Gasteiger partial charge in [0.1, 0.15) is 6.17 Å². The lowest BCUT2D eigenvalue weighted by molar-refractivity contribution is 0.0686. The molecule has 2 aliphatic heterocycles. The fraction of sp³-hybridized carbons (Fsp3) is 0.722. The van der Waals surface area contributed by atoms with Crippen LogP contribution in [0.15, 0.2) is 10.6 Å². The summed E-state index contributed by atoms with van der Waals surface area (Å²) in [4.78, 5) is 28.0. The second kappa shape index (κ2) is 8.05. The van der Waals surface area contributed by atoms with Gasteiger partial charge in [-0.05, 0) is 25.2 Å². The third-order valence-electron chi connectivity index (χ3n) is 4.89. The highest BCUT2D eigenvalue weighted by atomic mass is 19.1. The van der Waals surface area contributed by atoms with Crippen molar-refractivity contribution < 1.29 is 18.5 Å². The van der Waals surface area contributed by atoms with Gasteiger partial charge in [-0.25, -0.2) is 9.18 Å². The van der Waals surface area contributed by atoms with Crippen molar-refractivity contribution in [1.29, 1.82) is 0 Å². The number of urea groups is 1. The van der Waals surface area contributed by atoms with Crippen LogP contribution in [0.5, 0.6) is 0 Å². The number of nitrogens with zero attached hydrogens (tertiary/aromatic N) is 3. The first kappa shape index (κ1) is 18.7. The lowest BCUT2D eigenvalue weighted by Gasteiger charge is -2.24. The summed E-state index contributed by atoms with van der Waals surface area (Å²) in [5.74, 6) is 0.164. The molecule has 0 saturated carbocycles. The molecule has 0 bridgehead atoms. The second-order valence-corrected chi connectivity index (χ2v) is 7.61. The molecule has 0 aliphatic carbocycles. The van der Waals surface area contributed by atoms with Gasteiger partial charge < -0.3 is 19.6 Å². The number of alkyl halides is 1. The first-order chi connectivity index (χ1) is 12.4. The fourth-order valence-corrected chi connectivity index (χ4v) is 3.61. The van der Waals surface area contributed by atoms with Crippen molar-refractivity contribution in [3.8, 4) is 0 Å². The van der Waals surface area contributed by atoms with Gasteiger partial charge in [-0.15, -0.1) is 0 Å². The highest BCUT2D eigenvalue weighted by molar-refractivity contribution is 5.92. The molecule has 2 aliphatic rings. The monoisotopic (exact) mass is 366 g/mol. The molecule has 7 nitrogen and oxygen atoms in total. The Labute approximate surface area is 152 Å². The van der Waals surface area contributed by atoms with E-state index in [-0.39, 0.29) is 43.3 Å². The van der Waals surface area contributed by atoms with E-state index in [1.807, 2.05) is 0 Å². The number of aromatic nitrogens is 1. The molecule has 0 aromatic carbocycles. The first-order valence-electron chi connectivity index (χ1n) is 9.37. The molecule has 144 valence electrons. The van der Waals surface area contributed by atoms with Gasteiger partial charge in [-0.2, -0.15) is 0 Å². The number of rotatable bonds is 5. The molecule has 3 rings (SSSR count). The molecule has 1 aromatic rings. The number of amides is 3. The summed E-state index contributed by atoms with van der Waals surface area (Å²) in [5.41, 5.74) is 0.721. The van der Waals surface area contributed by atoms with Crippen LogP contribution in [-0.2, 0) is 6.42 Å². The van der Waals surface area contributed by atoms with Crippen LogP contribution in [-0.4, -0.2) is 65.3 Å². The SMILES string of the molecule is CC(C)Cc1cc(C(=O)N2C[C@@H](F)C[C@H]2CNC(=O)N2CCCC2)on1. The van der Waals surface area contributed by atoms with Crippen LogP contribution in [0.1, 0.15) is 49.4 Å². The van der Waals surface area contributed by atoms with E-state index in [0.717, 1.165) is 38.0 Å². The zero-order chi connectivity index (χ0) is 18.7. The van der Waals surface area contributed by atoms with Crippen molar-refractivity contribution in [3.05, 3.63) is 17.5 Å². The van der Waals surface area contributed by atoms with Gasteiger partial charge in [0.05, 0.1) is 18.3 Å². The Balaban J connectivity index is 1.60. The Hall–Kier alpha value is -2.12. The van der Waals surface area contributed by atoms with Gasteiger partial charge >= 0.3 is 6.03 Å². The van der Waals surface area contributed by atoms with E-state index >= 15 is 0 Å². The molecule has 8 heteroatoms. The van der Waals surface area contributed by atoms with Gasteiger partial charge in [-0.3, -0.25) is 4.79 Å². The Morgan fingerprint density at radius 1 is 1.38 bits per heavy atom. The predicted octanol–water partition coefficient (Wildman–Crippen LogP) is 2.23. The van der Waals surface area contributed by atoms with Crippen LogP contribution in [0, 0.1) is 5.92 Å². The number of carbonyl (C=O) groups is 2. The van der Waals surface area contributed by atoms with Crippen molar-refractivity contribution in [2.45, 2.75) is 51.7 Å². The molecule has 2 atom stereocenters. The summed E-state index contributed by atoms with van der Waals surface area (Å²) in [6, 6.07) is 1.12. The van der Waals surface area contributed by atoms with Crippen molar-refractivity contribution >= 4 is 11.9 Å². The molecule has 2 saturated heterocycles. The zero-order valence-corrected chi connectivity index (χ0v) is 15.4. The number of hydrogen-bond acceptors (Lipinski definition) is 4. The largest absolute Gasteiger partial charge is 0.351 e. The molecule has 3 heterocycles.